The summed E-state index contributed by atoms with van der Waals surface area (Å²) in [5, 5.41) is 8.71. The molecule has 0 atom stereocenters. The van der Waals surface area contributed by atoms with Crippen molar-refractivity contribution >= 4 is 11.9 Å². The lowest BCUT2D eigenvalue weighted by molar-refractivity contribution is -0.138. The number of carbonyl (C=O) groups is 2. The van der Waals surface area contributed by atoms with E-state index in [1.807, 2.05) is 0 Å². The van der Waals surface area contributed by atoms with Crippen LogP contribution in [0.5, 0.6) is 0 Å². The molecular weight excluding hydrogens is 196 g/mol. The summed E-state index contributed by atoms with van der Waals surface area (Å²) in [6.07, 6.45) is 2.35. The second-order valence-electron chi connectivity index (χ2n) is 2.50. The molecule has 80 valence electrons. The maximum absolute atomic E-state index is 11.0. The van der Waals surface area contributed by atoms with Crippen molar-refractivity contribution in [2.45, 2.75) is 13.3 Å². The molecule has 1 N–H and O–H groups in total. The van der Waals surface area contributed by atoms with Crippen LogP contribution < -0.4 is 0 Å². The first-order chi connectivity index (χ1) is 7.11. The first kappa shape index (κ1) is 13.0. The third-order valence-corrected chi connectivity index (χ3v) is 1.37. The largest absolute Gasteiger partial charge is 0.478 e. The highest BCUT2D eigenvalue weighted by Gasteiger charge is 2.08. The zero-order chi connectivity index (χ0) is 11.7. The van der Waals surface area contributed by atoms with E-state index < -0.39 is 11.9 Å². The Bertz CT molecular complexity index is 341. The van der Waals surface area contributed by atoms with Crippen molar-refractivity contribution in [1.82, 2.24) is 0 Å². The van der Waals surface area contributed by atoms with Gasteiger partial charge in [-0.25, -0.2) is 9.59 Å². The lowest BCUT2D eigenvalue weighted by atomic mass is 10.2. The average molecular weight is 208 g/mol. The molecule has 0 spiro atoms. The molecular formula is C11H12O4. The van der Waals surface area contributed by atoms with Crippen molar-refractivity contribution in [3.63, 3.8) is 0 Å². The molecule has 0 aliphatic heterocycles. The standard InChI is InChI=1S/C11H12O4/c1-3-5-6-9(11(13)14)8-10(12)15-7-4-2/h4,8H,2,6-7H2,1H3,(H,13,14)/b9-8-. The van der Waals surface area contributed by atoms with Crippen LogP contribution in [0.4, 0.5) is 0 Å². The zero-order valence-electron chi connectivity index (χ0n) is 8.45. The van der Waals surface area contributed by atoms with Crippen LogP contribution in [0.2, 0.25) is 0 Å². The van der Waals surface area contributed by atoms with Gasteiger partial charge in [-0.1, -0.05) is 18.6 Å². The highest BCUT2D eigenvalue weighted by atomic mass is 16.5. The molecule has 0 bridgehead atoms. The lowest BCUT2D eigenvalue weighted by Crippen LogP contribution is -2.06. The van der Waals surface area contributed by atoms with Crippen molar-refractivity contribution < 1.29 is 19.4 Å². The smallest absolute Gasteiger partial charge is 0.332 e. The third kappa shape index (κ3) is 6.11. The Kier molecular flexibility index (Phi) is 6.39. The second-order valence-corrected chi connectivity index (χ2v) is 2.50. The van der Waals surface area contributed by atoms with Crippen LogP contribution in [0.1, 0.15) is 13.3 Å². The molecule has 4 heteroatoms. The van der Waals surface area contributed by atoms with E-state index in [1.54, 1.807) is 6.92 Å². The Balaban J connectivity index is 4.50. The number of carboxylic acids is 1. The molecule has 0 amide bonds. The summed E-state index contributed by atoms with van der Waals surface area (Å²) in [6, 6.07) is 0. The van der Waals surface area contributed by atoms with Crippen LogP contribution in [0.25, 0.3) is 0 Å². The Morgan fingerprint density at radius 2 is 2.20 bits per heavy atom. The van der Waals surface area contributed by atoms with Gasteiger partial charge in [0, 0.05) is 12.5 Å². The van der Waals surface area contributed by atoms with Gasteiger partial charge >= 0.3 is 11.9 Å². The predicted molar refractivity (Wildman–Crippen MR) is 54.9 cm³/mol. The molecule has 0 radical (unpaired) electrons. The number of esters is 1. The van der Waals surface area contributed by atoms with Crippen LogP contribution in [-0.2, 0) is 14.3 Å². The molecule has 0 aliphatic rings. The number of rotatable bonds is 5. The molecule has 0 rings (SSSR count). The molecule has 4 nitrogen and oxygen atoms in total. The van der Waals surface area contributed by atoms with Gasteiger partial charge in [0.15, 0.2) is 0 Å². The summed E-state index contributed by atoms with van der Waals surface area (Å²) >= 11 is 0. The molecule has 0 aliphatic carbocycles. The number of aliphatic carboxylic acids is 1. The zero-order valence-corrected chi connectivity index (χ0v) is 8.45. The SMILES string of the molecule is C=CCOC(=O)/C=C(/CC#CC)C(=O)O. The maximum atomic E-state index is 11.0. The van der Waals surface area contributed by atoms with E-state index in [1.165, 1.54) is 6.08 Å². The maximum Gasteiger partial charge on any atom is 0.332 e. The molecule has 0 aromatic heterocycles. The van der Waals surface area contributed by atoms with Gasteiger partial charge in [-0.2, -0.15) is 0 Å². The lowest BCUT2D eigenvalue weighted by Gasteiger charge is -1.98. The van der Waals surface area contributed by atoms with Gasteiger partial charge in [-0.3, -0.25) is 0 Å². The molecule has 0 heterocycles. The van der Waals surface area contributed by atoms with E-state index in [2.05, 4.69) is 23.2 Å². The molecule has 0 fully saturated rings. The summed E-state index contributed by atoms with van der Waals surface area (Å²) in [7, 11) is 0. The summed E-state index contributed by atoms with van der Waals surface area (Å²) in [5.41, 5.74) is -0.0848. The van der Waals surface area contributed by atoms with E-state index in [0.717, 1.165) is 6.08 Å². The van der Waals surface area contributed by atoms with Gasteiger partial charge in [0.2, 0.25) is 0 Å². The fraction of sp³-hybridized carbons (Fsp3) is 0.273. The van der Waals surface area contributed by atoms with Gasteiger partial charge in [0.25, 0.3) is 0 Å². The second kappa shape index (κ2) is 7.39. The summed E-state index contributed by atoms with van der Waals surface area (Å²) in [6.45, 7) is 5.01. The summed E-state index contributed by atoms with van der Waals surface area (Å²) in [4.78, 5) is 21.7. The fourth-order valence-corrected chi connectivity index (χ4v) is 0.697. The minimum Gasteiger partial charge on any atom is -0.478 e. The minimum absolute atomic E-state index is 0.0228. The minimum atomic E-state index is -1.17. The fourth-order valence-electron chi connectivity index (χ4n) is 0.697. The van der Waals surface area contributed by atoms with Crippen LogP contribution >= 0.6 is 0 Å². The molecule has 0 saturated carbocycles. The Morgan fingerprint density at radius 3 is 2.67 bits per heavy atom. The van der Waals surface area contributed by atoms with Crippen LogP contribution in [-0.4, -0.2) is 23.7 Å². The van der Waals surface area contributed by atoms with Gasteiger partial charge in [0.1, 0.15) is 6.61 Å². The van der Waals surface area contributed by atoms with E-state index in [9.17, 15) is 9.59 Å². The van der Waals surface area contributed by atoms with Crippen molar-refractivity contribution in [2.75, 3.05) is 6.61 Å². The Hall–Kier alpha value is -2.02. The van der Waals surface area contributed by atoms with E-state index in [0.29, 0.717) is 0 Å². The normalized spacial score (nSPS) is 9.80. The topological polar surface area (TPSA) is 63.6 Å². The number of carboxylic acid groups (broad SMARTS) is 1. The van der Waals surface area contributed by atoms with Crippen molar-refractivity contribution in [1.29, 1.82) is 0 Å². The van der Waals surface area contributed by atoms with Gasteiger partial charge in [-0.05, 0) is 6.92 Å². The molecule has 0 aromatic rings. The van der Waals surface area contributed by atoms with Gasteiger partial charge in [0.05, 0.1) is 5.57 Å². The quantitative estimate of drug-likeness (QED) is 0.318. The van der Waals surface area contributed by atoms with E-state index in [4.69, 9.17) is 5.11 Å². The van der Waals surface area contributed by atoms with Gasteiger partial charge < -0.3 is 9.84 Å². The highest BCUT2D eigenvalue weighted by molar-refractivity contribution is 5.95. The Morgan fingerprint density at radius 1 is 1.53 bits per heavy atom. The molecule has 0 saturated heterocycles. The Labute approximate surface area is 88.2 Å². The number of carbonyl (C=O) groups excluding carboxylic acids is 1. The summed E-state index contributed by atoms with van der Waals surface area (Å²) < 4.78 is 4.61. The van der Waals surface area contributed by atoms with Gasteiger partial charge in [-0.15, -0.1) is 5.92 Å². The van der Waals surface area contributed by atoms with Crippen molar-refractivity contribution in [3.05, 3.63) is 24.3 Å². The van der Waals surface area contributed by atoms with Crippen LogP contribution in [0.3, 0.4) is 0 Å². The highest BCUT2D eigenvalue weighted by Crippen LogP contribution is 2.01. The number of ether oxygens (including phenoxy) is 1. The molecule has 0 aromatic carbocycles. The monoisotopic (exact) mass is 208 g/mol. The summed E-state index contributed by atoms with van der Waals surface area (Å²) in [5.74, 6) is 3.23. The first-order valence-electron chi connectivity index (χ1n) is 4.23. The predicted octanol–water partition coefficient (Wildman–Crippen LogP) is 1.14. The third-order valence-electron chi connectivity index (χ3n) is 1.37. The molecule has 0 unspecified atom stereocenters. The average Bonchev–Trinajstić information content (AvgIpc) is 2.20. The number of hydrogen-bond donors (Lipinski definition) is 1. The van der Waals surface area contributed by atoms with E-state index >= 15 is 0 Å². The van der Waals surface area contributed by atoms with Crippen LogP contribution in [0.15, 0.2) is 24.3 Å². The van der Waals surface area contributed by atoms with Crippen molar-refractivity contribution in [3.8, 4) is 11.8 Å². The number of hydrogen-bond acceptors (Lipinski definition) is 3. The molecule has 15 heavy (non-hydrogen) atoms. The van der Waals surface area contributed by atoms with Crippen LogP contribution in [0, 0.1) is 11.8 Å². The van der Waals surface area contributed by atoms with E-state index in [-0.39, 0.29) is 18.6 Å². The first-order valence-corrected chi connectivity index (χ1v) is 4.23. The van der Waals surface area contributed by atoms with Crippen molar-refractivity contribution in [2.24, 2.45) is 0 Å².